The molecule has 1 N–H and O–H groups in total. The van der Waals surface area contributed by atoms with Crippen LogP contribution in [0, 0.1) is 5.82 Å². The van der Waals surface area contributed by atoms with Gasteiger partial charge in [0.25, 0.3) is 0 Å². The predicted molar refractivity (Wildman–Crippen MR) is 130 cm³/mol. The topological polar surface area (TPSA) is 77.1 Å². The highest BCUT2D eigenvalue weighted by Gasteiger charge is 2.36. The van der Waals surface area contributed by atoms with Crippen LogP contribution >= 0.6 is 11.6 Å². The molecule has 0 fully saturated rings. The molecule has 1 unspecified atom stereocenters. The lowest BCUT2D eigenvalue weighted by Gasteiger charge is -2.38. The largest absolute Gasteiger partial charge is 0.493 e. The van der Waals surface area contributed by atoms with Gasteiger partial charge in [0.05, 0.1) is 32.9 Å². The highest BCUT2D eigenvalue weighted by molar-refractivity contribution is 6.31. The van der Waals surface area contributed by atoms with Crippen LogP contribution in [-0.4, -0.2) is 44.8 Å². The first kappa shape index (κ1) is 24.3. The molecule has 0 aromatic heterocycles. The van der Waals surface area contributed by atoms with Crippen LogP contribution in [0.2, 0.25) is 5.02 Å². The zero-order valence-corrected chi connectivity index (χ0v) is 20.2. The molecule has 1 aliphatic rings. The Hall–Kier alpha value is -3.78. The maximum Gasteiger partial charge on any atom is 0.337 e. The van der Waals surface area contributed by atoms with Crippen LogP contribution < -0.4 is 14.8 Å². The van der Waals surface area contributed by atoms with Gasteiger partial charge in [-0.15, -0.1) is 0 Å². The zero-order valence-electron chi connectivity index (χ0n) is 19.4. The molecule has 182 valence electrons. The Labute approximate surface area is 207 Å². The molecule has 3 aromatic carbocycles. The number of amides is 2. The number of nitrogens with one attached hydrogen (secondary N) is 1. The Bertz CT molecular complexity index is 1260. The minimum Gasteiger partial charge on any atom is -0.493 e. The zero-order chi connectivity index (χ0) is 25.1. The van der Waals surface area contributed by atoms with Crippen molar-refractivity contribution in [1.29, 1.82) is 0 Å². The van der Waals surface area contributed by atoms with E-state index in [2.05, 4.69) is 5.32 Å². The van der Waals surface area contributed by atoms with E-state index in [1.54, 1.807) is 37.4 Å². The second-order valence-corrected chi connectivity index (χ2v) is 8.30. The van der Waals surface area contributed by atoms with Crippen molar-refractivity contribution in [3.63, 3.8) is 0 Å². The number of fused-ring (bicyclic) bond motifs is 1. The number of rotatable bonds is 5. The first-order valence-corrected chi connectivity index (χ1v) is 11.2. The Morgan fingerprint density at radius 1 is 1.03 bits per heavy atom. The Balaban J connectivity index is 1.78. The highest BCUT2D eigenvalue weighted by Crippen LogP contribution is 2.43. The third-order valence-electron chi connectivity index (χ3n) is 5.94. The molecule has 3 aromatic rings. The molecule has 7 nitrogen and oxygen atoms in total. The van der Waals surface area contributed by atoms with Crippen molar-refractivity contribution in [2.45, 2.75) is 12.5 Å². The fraction of sp³-hybridized carbons (Fsp3) is 0.231. The van der Waals surface area contributed by atoms with E-state index >= 15 is 4.39 Å². The second kappa shape index (κ2) is 10.2. The molecule has 4 rings (SSSR count). The van der Waals surface area contributed by atoms with E-state index in [1.165, 1.54) is 37.3 Å². The summed E-state index contributed by atoms with van der Waals surface area (Å²) in [5, 5.41) is 3.01. The lowest BCUT2D eigenvalue weighted by atomic mass is 9.87. The summed E-state index contributed by atoms with van der Waals surface area (Å²) in [6.45, 7) is 0.292. The predicted octanol–water partition coefficient (Wildman–Crippen LogP) is 5.46. The molecule has 0 aliphatic carbocycles. The maximum absolute atomic E-state index is 15.2. The van der Waals surface area contributed by atoms with Gasteiger partial charge in [0.2, 0.25) is 0 Å². The number of urea groups is 1. The van der Waals surface area contributed by atoms with E-state index in [1.807, 2.05) is 6.07 Å². The van der Waals surface area contributed by atoms with Crippen LogP contribution in [0.5, 0.6) is 11.5 Å². The third-order valence-corrected chi connectivity index (χ3v) is 6.27. The standard InChI is InChI=1S/C26H24ClFN2O5/c1-33-21-13-15-10-11-30(26(32)29-17-7-4-6-16(12-17)25(31)35-3)24(18(15)14-22(21)34-2)23-19(27)8-5-9-20(23)28/h4-9,12-14,24H,10-11H2,1-3H3,(H,29,32). The molecule has 35 heavy (non-hydrogen) atoms. The summed E-state index contributed by atoms with van der Waals surface area (Å²) in [5.74, 6) is -0.0559. The molecule has 0 bridgehead atoms. The van der Waals surface area contributed by atoms with Crippen LogP contribution in [0.25, 0.3) is 0 Å². The molecule has 1 aliphatic heterocycles. The smallest absolute Gasteiger partial charge is 0.337 e. The van der Waals surface area contributed by atoms with Gasteiger partial charge in [-0.05, 0) is 60.0 Å². The van der Waals surface area contributed by atoms with Crippen molar-refractivity contribution in [3.05, 3.63) is 87.7 Å². The van der Waals surface area contributed by atoms with E-state index in [9.17, 15) is 9.59 Å². The van der Waals surface area contributed by atoms with Crippen LogP contribution in [0.4, 0.5) is 14.9 Å². The van der Waals surface area contributed by atoms with Crippen molar-refractivity contribution >= 4 is 29.3 Å². The van der Waals surface area contributed by atoms with Crippen LogP contribution in [0.15, 0.2) is 54.6 Å². The average Bonchev–Trinajstić information content (AvgIpc) is 2.87. The average molecular weight is 499 g/mol. The SMILES string of the molecule is COC(=O)c1cccc(NC(=O)N2CCc3cc(OC)c(OC)cc3C2c2c(F)cccc2Cl)c1. The Kier molecular flexibility index (Phi) is 7.12. The number of nitrogens with zero attached hydrogens (tertiary/aromatic N) is 1. The molecule has 1 atom stereocenters. The normalized spacial score (nSPS) is 14.7. The summed E-state index contributed by atoms with van der Waals surface area (Å²) in [6, 6.07) is 13.1. The van der Waals surface area contributed by atoms with Gasteiger partial charge in [0.1, 0.15) is 5.82 Å². The number of esters is 1. The number of hydrogen-bond acceptors (Lipinski definition) is 5. The number of anilines is 1. The van der Waals surface area contributed by atoms with Crippen molar-refractivity contribution in [1.82, 2.24) is 4.90 Å². The number of hydrogen-bond donors (Lipinski definition) is 1. The molecule has 2 amide bonds. The van der Waals surface area contributed by atoms with Crippen molar-refractivity contribution in [3.8, 4) is 11.5 Å². The van der Waals surface area contributed by atoms with Gasteiger partial charge in [-0.3, -0.25) is 0 Å². The van der Waals surface area contributed by atoms with Crippen LogP contribution in [0.1, 0.15) is 33.1 Å². The number of carbonyl (C=O) groups excluding carboxylic acids is 2. The van der Waals surface area contributed by atoms with Gasteiger partial charge in [0.15, 0.2) is 11.5 Å². The minimum absolute atomic E-state index is 0.181. The molecule has 0 saturated carbocycles. The summed E-state index contributed by atoms with van der Waals surface area (Å²) >= 11 is 6.46. The lowest BCUT2D eigenvalue weighted by Crippen LogP contribution is -2.43. The highest BCUT2D eigenvalue weighted by atomic mass is 35.5. The molecule has 0 saturated heterocycles. The number of benzene rings is 3. The summed E-state index contributed by atoms with van der Waals surface area (Å²) in [5.41, 5.74) is 2.44. The minimum atomic E-state index is -0.823. The number of ether oxygens (including phenoxy) is 3. The first-order valence-electron chi connectivity index (χ1n) is 10.8. The summed E-state index contributed by atoms with van der Waals surface area (Å²) in [6.07, 6.45) is 0.508. The van der Waals surface area contributed by atoms with E-state index in [-0.39, 0.29) is 10.6 Å². The molecule has 0 radical (unpaired) electrons. The summed E-state index contributed by atoms with van der Waals surface area (Å²) < 4.78 is 30.8. The van der Waals surface area contributed by atoms with E-state index < -0.39 is 23.9 Å². The van der Waals surface area contributed by atoms with Crippen molar-refractivity contribution in [2.75, 3.05) is 33.2 Å². The number of methoxy groups -OCH3 is 3. The molecule has 1 heterocycles. The molecular weight excluding hydrogens is 475 g/mol. The summed E-state index contributed by atoms with van der Waals surface area (Å²) in [7, 11) is 4.34. The quantitative estimate of drug-likeness (QED) is 0.472. The Morgan fingerprint density at radius 2 is 1.74 bits per heavy atom. The first-order chi connectivity index (χ1) is 16.9. The maximum atomic E-state index is 15.2. The van der Waals surface area contributed by atoms with Crippen LogP contribution in [-0.2, 0) is 11.2 Å². The molecule has 0 spiro atoms. The third kappa shape index (κ3) is 4.74. The molecular formula is C26H24ClFN2O5. The lowest BCUT2D eigenvalue weighted by molar-refractivity contribution is 0.0600. The van der Waals surface area contributed by atoms with E-state index in [0.29, 0.717) is 41.3 Å². The van der Waals surface area contributed by atoms with Gasteiger partial charge < -0.3 is 24.4 Å². The fourth-order valence-corrected chi connectivity index (χ4v) is 4.55. The van der Waals surface area contributed by atoms with Crippen molar-refractivity contribution in [2.24, 2.45) is 0 Å². The van der Waals surface area contributed by atoms with Crippen molar-refractivity contribution < 1.29 is 28.2 Å². The van der Waals surface area contributed by atoms with Gasteiger partial charge in [0, 0.05) is 22.8 Å². The summed E-state index contributed by atoms with van der Waals surface area (Å²) in [4.78, 5) is 26.9. The van der Waals surface area contributed by atoms with Gasteiger partial charge in [-0.2, -0.15) is 0 Å². The van der Waals surface area contributed by atoms with Gasteiger partial charge >= 0.3 is 12.0 Å². The monoisotopic (exact) mass is 498 g/mol. The second-order valence-electron chi connectivity index (χ2n) is 7.89. The number of halogens is 2. The Morgan fingerprint density at radius 3 is 2.43 bits per heavy atom. The van der Waals surface area contributed by atoms with E-state index in [4.69, 9.17) is 25.8 Å². The number of carbonyl (C=O) groups is 2. The van der Waals surface area contributed by atoms with Gasteiger partial charge in [-0.25, -0.2) is 14.0 Å². The van der Waals surface area contributed by atoms with E-state index in [0.717, 1.165) is 5.56 Å². The van der Waals surface area contributed by atoms with Crippen LogP contribution in [0.3, 0.4) is 0 Å². The molecule has 9 heteroatoms. The fourth-order valence-electron chi connectivity index (χ4n) is 4.28. The van der Waals surface area contributed by atoms with Gasteiger partial charge in [-0.1, -0.05) is 23.7 Å².